The third-order valence-electron chi connectivity index (χ3n) is 3.47. The fourth-order valence-corrected chi connectivity index (χ4v) is 1.80. The number of hydrogen-bond donors (Lipinski definition) is 0. The highest BCUT2D eigenvalue weighted by Gasteiger charge is 2.30. The summed E-state index contributed by atoms with van der Waals surface area (Å²) < 4.78 is 9.52. The van der Waals surface area contributed by atoms with Crippen LogP contribution in [0.15, 0.2) is 25.3 Å². The maximum atomic E-state index is 10.7. The third kappa shape index (κ3) is 3.22. The van der Waals surface area contributed by atoms with E-state index in [0.717, 1.165) is 0 Å². The van der Waals surface area contributed by atoms with Crippen LogP contribution < -0.4 is 0 Å². The lowest BCUT2D eigenvalue weighted by molar-refractivity contribution is -0.141. The second kappa shape index (κ2) is 6.38. The standard InChI is InChI=1S/2C7H10O2/c2*1-3-6-4-9-7(8)5(6)2/h2*3,5-6H,1,4H2,2H3/t2*5-,6+/m10/s1. The summed E-state index contributed by atoms with van der Waals surface area (Å²) in [6.07, 6.45) is 3.55. The quantitative estimate of drug-likeness (QED) is 0.557. The van der Waals surface area contributed by atoms with Crippen LogP contribution in [0.25, 0.3) is 0 Å². The Morgan fingerprint density at radius 3 is 1.39 bits per heavy atom. The molecule has 0 N–H and O–H groups in total. The zero-order valence-corrected chi connectivity index (χ0v) is 10.9. The average Bonchev–Trinajstić information content (AvgIpc) is 2.86. The molecule has 4 heteroatoms. The highest BCUT2D eigenvalue weighted by Crippen LogP contribution is 2.22. The molecule has 0 unspecified atom stereocenters. The van der Waals surface area contributed by atoms with Gasteiger partial charge in [-0.15, -0.1) is 13.2 Å². The summed E-state index contributed by atoms with van der Waals surface area (Å²) in [7, 11) is 0. The minimum atomic E-state index is -0.0973. The molecule has 2 aliphatic heterocycles. The number of esters is 2. The Labute approximate surface area is 108 Å². The zero-order valence-electron chi connectivity index (χ0n) is 10.9. The van der Waals surface area contributed by atoms with Gasteiger partial charge >= 0.3 is 11.9 Å². The van der Waals surface area contributed by atoms with Crippen molar-refractivity contribution in [1.29, 1.82) is 0 Å². The molecule has 4 atom stereocenters. The van der Waals surface area contributed by atoms with Gasteiger partial charge in [-0.2, -0.15) is 0 Å². The van der Waals surface area contributed by atoms with Crippen LogP contribution in [0.2, 0.25) is 0 Å². The van der Waals surface area contributed by atoms with Gasteiger partial charge < -0.3 is 9.47 Å². The van der Waals surface area contributed by atoms with Crippen molar-refractivity contribution in [2.45, 2.75) is 13.8 Å². The number of ether oxygens (including phenoxy) is 2. The van der Waals surface area contributed by atoms with Gasteiger partial charge in [-0.1, -0.05) is 26.0 Å². The maximum absolute atomic E-state index is 10.7. The second-order valence-electron chi connectivity index (χ2n) is 4.64. The SMILES string of the molecule is C=C[C@@H]1COC(=O)[C@H]1C.C=C[C@H]1COC(=O)[C@@H]1C. The van der Waals surface area contributed by atoms with E-state index in [1.165, 1.54) is 0 Å². The summed E-state index contributed by atoms with van der Waals surface area (Å²) in [5.74, 6) is 0.305. The fraction of sp³-hybridized carbons (Fsp3) is 0.571. The van der Waals surface area contributed by atoms with Crippen LogP contribution in [-0.2, 0) is 19.1 Å². The summed E-state index contributed by atoms with van der Waals surface area (Å²) in [5.41, 5.74) is 0. The molecule has 0 aromatic carbocycles. The lowest BCUT2D eigenvalue weighted by atomic mass is 9.98. The molecule has 4 nitrogen and oxygen atoms in total. The highest BCUT2D eigenvalue weighted by atomic mass is 16.5. The van der Waals surface area contributed by atoms with Gasteiger partial charge in [0.2, 0.25) is 0 Å². The lowest BCUT2D eigenvalue weighted by Gasteiger charge is -2.00. The molecule has 0 aliphatic carbocycles. The van der Waals surface area contributed by atoms with Crippen LogP contribution in [0.4, 0.5) is 0 Å². The molecule has 2 rings (SSSR count). The molecular weight excluding hydrogens is 232 g/mol. The molecular formula is C14H20O4. The Bertz CT molecular complexity index is 314. The number of hydrogen-bond acceptors (Lipinski definition) is 4. The summed E-state index contributed by atoms with van der Waals surface area (Å²) in [6.45, 7) is 12.0. The minimum absolute atomic E-state index is 0.0162. The normalized spacial score (nSPS) is 34.1. The summed E-state index contributed by atoms with van der Waals surface area (Å²) in [6, 6.07) is 0. The molecule has 0 aromatic rings. The maximum Gasteiger partial charge on any atom is 0.309 e. The van der Waals surface area contributed by atoms with Gasteiger partial charge in [-0.3, -0.25) is 9.59 Å². The Kier molecular flexibility index (Phi) is 5.13. The van der Waals surface area contributed by atoms with Crippen molar-refractivity contribution in [2.24, 2.45) is 23.7 Å². The van der Waals surface area contributed by atoms with Gasteiger partial charge in [0.15, 0.2) is 0 Å². The first-order valence-corrected chi connectivity index (χ1v) is 6.09. The van der Waals surface area contributed by atoms with E-state index in [1.54, 1.807) is 12.2 Å². The fourth-order valence-electron chi connectivity index (χ4n) is 1.80. The first kappa shape index (κ1) is 14.5. The number of carbonyl (C=O) groups is 2. The van der Waals surface area contributed by atoms with Crippen molar-refractivity contribution in [1.82, 2.24) is 0 Å². The van der Waals surface area contributed by atoms with E-state index in [2.05, 4.69) is 13.2 Å². The van der Waals surface area contributed by atoms with Crippen molar-refractivity contribution in [3.05, 3.63) is 25.3 Å². The first-order chi connectivity index (χ1) is 8.51. The van der Waals surface area contributed by atoms with Crippen LogP contribution in [-0.4, -0.2) is 25.2 Å². The molecule has 100 valence electrons. The monoisotopic (exact) mass is 252 g/mol. The Morgan fingerprint density at radius 1 is 0.944 bits per heavy atom. The van der Waals surface area contributed by atoms with Gasteiger partial charge in [0, 0.05) is 11.8 Å². The molecule has 0 radical (unpaired) electrons. The lowest BCUT2D eigenvalue weighted by Crippen LogP contribution is -2.08. The van der Waals surface area contributed by atoms with Crippen molar-refractivity contribution in [3.63, 3.8) is 0 Å². The number of rotatable bonds is 2. The smallest absolute Gasteiger partial charge is 0.309 e. The van der Waals surface area contributed by atoms with Crippen molar-refractivity contribution < 1.29 is 19.1 Å². The Morgan fingerprint density at radius 2 is 1.28 bits per heavy atom. The average molecular weight is 252 g/mol. The molecule has 2 saturated heterocycles. The minimum Gasteiger partial charge on any atom is -0.465 e. The van der Waals surface area contributed by atoms with E-state index in [0.29, 0.717) is 13.2 Å². The molecule has 2 heterocycles. The van der Waals surface area contributed by atoms with Crippen LogP contribution in [0.5, 0.6) is 0 Å². The summed E-state index contributed by atoms with van der Waals surface area (Å²) in [5, 5.41) is 0. The molecule has 2 fully saturated rings. The van der Waals surface area contributed by atoms with Gasteiger partial charge in [0.1, 0.15) is 0 Å². The van der Waals surface area contributed by atoms with Crippen molar-refractivity contribution in [3.8, 4) is 0 Å². The van der Waals surface area contributed by atoms with Gasteiger partial charge in [0.05, 0.1) is 25.0 Å². The van der Waals surface area contributed by atoms with E-state index in [9.17, 15) is 9.59 Å². The third-order valence-corrected chi connectivity index (χ3v) is 3.47. The van der Waals surface area contributed by atoms with Crippen LogP contribution in [0.1, 0.15) is 13.8 Å². The predicted molar refractivity (Wildman–Crippen MR) is 67.6 cm³/mol. The number of cyclic esters (lactones) is 2. The van der Waals surface area contributed by atoms with Gasteiger partial charge in [-0.05, 0) is 0 Å². The van der Waals surface area contributed by atoms with Crippen LogP contribution in [0, 0.1) is 23.7 Å². The molecule has 0 aromatic heterocycles. The van der Waals surface area contributed by atoms with Gasteiger partial charge in [0.25, 0.3) is 0 Å². The van der Waals surface area contributed by atoms with Crippen molar-refractivity contribution in [2.75, 3.05) is 13.2 Å². The van der Waals surface area contributed by atoms with Crippen LogP contribution >= 0.6 is 0 Å². The molecule has 2 aliphatic rings. The van der Waals surface area contributed by atoms with E-state index in [4.69, 9.17) is 9.47 Å². The molecule has 18 heavy (non-hydrogen) atoms. The molecule has 0 spiro atoms. The largest absolute Gasteiger partial charge is 0.465 e. The number of carbonyl (C=O) groups excluding carboxylic acids is 2. The van der Waals surface area contributed by atoms with E-state index < -0.39 is 0 Å². The Hall–Kier alpha value is -1.58. The van der Waals surface area contributed by atoms with E-state index in [-0.39, 0.29) is 35.6 Å². The second-order valence-corrected chi connectivity index (χ2v) is 4.64. The first-order valence-electron chi connectivity index (χ1n) is 6.09. The Balaban J connectivity index is 0.000000180. The van der Waals surface area contributed by atoms with E-state index >= 15 is 0 Å². The summed E-state index contributed by atoms with van der Waals surface area (Å²) in [4.78, 5) is 21.3. The topological polar surface area (TPSA) is 52.6 Å². The van der Waals surface area contributed by atoms with E-state index in [1.807, 2.05) is 13.8 Å². The van der Waals surface area contributed by atoms with Gasteiger partial charge in [-0.25, -0.2) is 0 Å². The van der Waals surface area contributed by atoms with Crippen molar-refractivity contribution >= 4 is 11.9 Å². The molecule has 0 amide bonds. The highest BCUT2D eigenvalue weighted by molar-refractivity contribution is 5.75. The summed E-state index contributed by atoms with van der Waals surface area (Å²) >= 11 is 0. The predicted octanol–water partition coefficient (Wildman–Crippen LogP) is 1.96. The van der Waals surface area contributed by atoms with Crippen LogP contribution in [0.3, 0.4) is 0 Å². The molecule has 0 bridgehead atoms. The molecule has 0 saturated carbocycles. The zero-order chi connectivity index (χ0) is 13.7.